The molecule has 0 unspecified atom stereocenters. The summed E-state index contributed by atoms with van der Waals surface area (Å²) in [6.45, 7) is 3.76. The fourth-order valence-corrected chi connectivity index (χ4v) is 2.03. The number of benzene rings is 1. The molecule has 0 heterocycles. The lowest BCUT2D eigenvalue weighted by Crippen LogP contribution is -2.07. The second-order valence-electron chi connectivity index (χ2n) is 4.12. The van der Waals surface area contributed by atoms with Crippen LogP contribution >= 0.6 is 0 Å². The summed E-state index contributed by atoms with van der Waals surface area (Å²) in [5, 5.41) is 0. The van der Waals surface area contributed by atoms with Crippen molar-refractivity contribution in [3.8, 4) is 5.75 Å². The first-order valence-electron chi connectivity index (χ1n) is 5.98. The van der Waals surface area contributed by atoms with Gasteiger partial charge in [0.05, 0.1) is 7.11 Å². The van der Waals surface area contributed by atoms with Gasteiger partial charge >= 0.3 is 0 Å². The molecular formula is C16H16O2. The van der Waals surface area contributed by atoms with E-state index in [0.29, 0.717) is 11.3 Å². The number of allylic oxidation sites excluding steroid dienone is 5. The van der Waals surface area contributed by atoms with E-state index in [1.54, 1.807) is 25.3 Å². The molecule has 2 nitrogen and oxygen atoms in total. The Morgan fingerprint density at radius 3 is 2.83 bits per heavy atom. The van der Waals surface area contributed by atoms with E-state index in [9.17, 15) is 4.79 Å². The molecule has 0 N–H and O–H groups in total. The van der Waals surface area contributed by atoms with Gasteiger partial charge in [-0.15, -0.1) is 0 Å². The first kappa shape index (κ1) is 12.4. The van der Waals surface area contributed by atoms with E-state index < -0.39 is 0 Å². The Morgan fingerprint density at radius 2 is 2.11 bits per heavy atom. The van der Waals surface area contributed by atoms with Gasteiger partial charge in [0.15, 0.2) is 5.78 Å². The summed E-state index contributed by atoms with van der Waals surface area (Å²) in [6.07, 6.45) is 7.65. The van der Waals surface area contributed by atoms with Gasteiger partial charge in [0, 0.05) is 11.1 Å². The zero-order valence-corrected chi connectivity index (χ0v) is 10.5. The van der Waals surface area contributed by atoms with E-state index in [1.165, 1.54) is 0 Å². The number of ketones is 1. The van der Waals surface area contributed by atoms with E-state index in [2.05, 4.69) is 12.7 Å². The lowest BCUT2D eigenvalue weighted by atomic mass is 9.91. The van der Waals surface area contributed by atoms with Gasteiger partial charge in [0.25, 0.3) is 0 Å². The van der Waals surface area contributed by atoms with Crippen LogP contribution in [0.4, 0.5) is 0 Å². The number of Topliss-reactive ketones (excluding diaryl/α,β-unsaturated/α-hetero) is 1. The third kappa shape index (κ3) is 2.43. The van der Waals surface area contributed by atoms with Crippen molar-refractivity contribution in [2.45, 2.75) is 12.8 Å². The molecule has 0 amide bonds. The largest absolute Gasteiger partial charge is 0.497 e. The molecule has 0 fully saturated rings. The van der Waals surface area contributed by atoms with Crippen LogP contribution in [0.5, 0.6) is 5.75 Å². The van der Waals surface area contributed by atoms with Crippen LogP contribution < -0.4 is 4.74 Å². The first-order chi connectivity index (χ1) is 8.76. The summed E-state index contributed by atoms with van der Waals surface area (Å²) in [6, 6.07) is 7.22. The van der Waals surface area contributed by atoms with Crippen molar-refractivity contribution in [3.63, 3.8) is 0 Å². The second-order valence-corrected chi connectivity index (χ2v) is 4.12. The Morgan fingerprint density at radius 1 is 1.33 bits per heavy atom. The SMILES string of the molecule is C=CC1=CCCC=C1C(=O)c1cccc(OC)c1. The molecule has 1 aliphatic rings. The summed E-state index contributed by atoms with van der Waals surface area (Å²) in [4.78, 5) is 12.4. The molecule has 2 rings (SSSR count). The molecule has 0 saturated carbocycles. The standard InChI is InChI=1S/C16H16O2/c1-3-12-7-4-5-10-15(12)16(17)13-8-6-9-14(11-13)18-2/h3,6-11H,1,4-5H2,2H3. The molecule has 0 atom stereocenters. The van der Waals surface area contributed by atoms with Gasteiger partial charge < -0.3 is 4.74 Å². The van der Waals surface area contributed by atoms with Crippen LogP contribution in [-0.2, 0) is 0 Å². The summed E-state index contributed by atoms with van der Waals surface area (Å²) in [5.41, 5.74) is 2.31. The average Bonchev–Trinajstić information content (AvgIpc) is 2.46. The molecule has 1 aromatic rings. The number of carbonyl (C=O) groups excluding carboxylic acids is 1. The highest BCUT2D eigenvalue weighted by molar-refractivity contribution is 6.12. The van der Waals surface area contributed by atoms with E-state index in [4.69, 9.17) is 4.74 Å². The van der Waals surface area contributed by atoms with Crippen molar-refractivity contribution in [2.75, 3.05) is 7.11 Å². The zero-order chi connectivity index (χ0) is 13.0. The van der Waals surface area contributed by atoms with Gasteiger partial charge in [-0.1, -0.05) is 36.9 Å². The highest BCUT2D eigenvalue weighted by atomic mass is 16.5. The van der Waals surface area contributed by atoms with Crippen LogP contribution in [0, 0.1) is 0 Å². The van der Waals surface area contributed by atoms with Gasteiger partial charge in [0.1, 0.15) is 5.75 Å². The van der Waals surface area contributed by atoms with Crippen LogP contribution in [0.3, 0.4) is 0 Å². The molecular weight excluding hydrogens is 224 g/mol. The maximum atomic E-state index is 12.4. The Balaban J connectivity index is 2.33. The van der Waals surface area contributed by atoms with Crippen molar-refractivity contribution >= 4 is 5.78 Å². The summed E-state index contributed by atoms with van der Waals surface area (Å²) in [5.74, 6) is 0.723. The summed E-state index contributed by atoms with van der Waals surface area (Å²) < 4.78 is 5.14. The lowest BCUT2D eigenvalue weighted by Gasteiger charge is -2.12. The van der Waals surface area contributed by atoms with Crippen molar-refractivity contribution in [2.24, 2.45) is 0 Å². The fourth-order valence-electron chi connectivity index (χ4n) is 2.03. The Hall–Kier alpha value is -2.09. The number of methoxy groups -OCH3 is 1. The minimum atomic E-state index is 0.0275. The molecule has 0 spiro atoms. The van der Waals surface area contributed by atoms with E-state index in [-0.39, 0.29) is 5.78 Å². The van der Waals surface area contributed by atoms with Gasteiger partial charge in [-0.05, 0) is 30.5 Å². The Kier molecular flexibility index (Phi) is 3.78. The van der Waals surface area contributed by atoms with Crippen molar-refractivity contribution in [1.82, 2.24) is 0 Å². The minimum Gasteiger partial charge on any atom is -0.497 e. The molecule has 0 saturated heterocycles. The maximum Gasteiger partial charge on any atom is 0.193 e. The van der Waals surface area contributed by atoms with Crippen LogP contribution in [0.15, 0.2) is 60.2 Å². The predicted molar refractivity (Wildman–Crippen MR) is 72.9 cm³/mol. The Bertz CT molecular complexity index is 536. The highest BCUT2D eigenvalue weighted by Gasteiger charge is 2.16. The molecule has 0 aliphatic heterocycles. The van der Waals surface area contributed by atoms with Crippen molar-refractivity contribution in [1.29, 1.82) is 0 Å². The van der Waals surface area contributed by atoms with Gasteiger partial charge in [-0.2, -0.15) is 0 Å². The molecule has 92 valence electrons. The highest BCUT2D eigenvalue weighted by Crippen LogP contribution is 2.24. The van der Waals surface area contributed by atoms with Crippen molar-refractivity contribution in [3.05, 3.63) is 65.8 Å². The lowest BCUT2D eigenvalue weighted by molar-refractivity contribution is 0.103. The topological polar surface area (TPSA) is 26.3 Å². The smallest absolute Gasteiger partial charge is 0.193 e. The third-order valence-corrected chi connectivity index (χ3v) is 2.99. The third-order valence-electron chi connectivity index (χ3n) is 2.99. The summed E-state index contributed by atoms with van der Waals surface area (Å²) >= 11 is 0. The molecule has 2 heteroatoms. The first-order valence-corrected chi connectivity index (χ1v) is 5.98. The molecule has 18 heavy (non-hydrogen) atoms. The van der Waals surface area contributed by atoms with Gasteiger partial charge in [0.2, 0.25) is 0 Å². The fraction of sp³-hybridized carbons (Fsp3) is 0.188. The number of carbonyl (C=O) groups is 1. The minimum absolute atomic E-state index is 0.0275. The molecule has 0 radical (unpaired) electrons. The molecule has 0 aromatic heterocycles. The normalized spacial score (nSPS) is 14.5. The number of hydrogen-bond donors (Lipinski definition) is 0. The monoisotopic (exact) mass is 240 g/mol. The second kappa shape index (κ2) is 5.50. The van der Waals surface area contributed by atoms with E-state index in [1.807, 2.05) is 18.2 Å². The predicted octanol–water partition coefficient (Wildman–Crippen LogP) is 3.71. The Labute approximate surface area is 107 Å². The van der Waals surface area contributed by atoms with Gasteiger partial charge in [-0.25, -0.2) is 0 Å². The number of hydrogen-bond acceptors (Lipinski definition) is 2. The van der Waals surface area contributed by atoms with Crippen LogP contribution in [0.2, 0.25) is 0 Å². The average molecular weight is 240 g/mol. The molecule has 1 aromatic carbocycles. The van der Waals surface area contributed by atoms with Gasteiger partial charge in [-0.3, -0.25) is 4.79 Å². The van der Waals surface area contributed by atoms with Crippen LogP contribution in [0.1, 0.15) is 23.2 Å². The number of rotatable bonds is 4. The summed E-state index contributed by atoms with van der Waals surface area (Å²) in [7, 11) is 1.60. The quantitative estimate of drug-likeness (QED) is 0.750. The number of ether oxygens (including phenoxy) is 1. The molecule has 1 aliphatic carbocycles. The van der Waals surface area contributed by atoms with E-state index >= 15 is 0 Å². The van der Waals surface area contributed by atoms with Crippen LogP contribution in [0.25, 0.3) is 0 Å². The van der Waals surface area contributed by atoms with Crippen LogP contribution in [-0.4, -0.2) is 12.9 Å². The zero-order valence-electron chi connectivity index (χ0n) is 10.5. The molecule has 0 bridgehead atoms. The maximum absolute atomic E-state index is 12.4. The van der Waals surface area contributed by atoms with Crippen molar-refractivity contribution < 1.29 is 9.53 Å². The van der Waals surface area contributed by atoms with E-state index in [0.717, 1.165) is 24.0 Å².